The number of hydrogen-bond donors (Lipinski definition) is 3. The van der Waals surface area contributed by atoms with Crippen molar-refractivity contribution < 1.29 is 19.4 Å². The zero-order valence-electron chi connectivity index (χ0n) is 10.2. The van der Waals surface area contributed by atoms with Crippen LogP contribution >= 0.6 is 0 Å². The van der Waals surface area contributed by atoms with Gasteiger partial charge in [-0.1, -0.05) is 13.0 Å². The Bertz CT molecular complexity index is 268. The number of carbonyl (C=O) groups excluding carboxylic acids is 2. The van der Waals surface area contributed by atoms with Gasteiger partial charge in [0.1, 0.15) is 6.23 Å². The quantitative estimate of drug-likeness (QED) is 0.305. The number of nitrogens with one attached hydrogen (secondary N) is 2. The highest BCUT2D eigenvalue weighted by Crippen LogP contribution is 1.98. The molecular weight excluding hydrogens is 224 g/mol. The van der Waals surface area contributed by atoms with E-state index in [0.29, 0.717) is 12.8 Å². The fourth-order valence-corrected chi connectivity index (χ4v) is 1.16. The molecule has 1 amide bonds. The average Bonchev–Trinajstić information content (AvgIpc) is 2.34. The van der Waals surface area contributed by atoms with Gasteiger partial charge in [0, 0.05) is 6.42 Å². The lowest BCUT2D eigenvalue weighted by atomic mass is 10.1. The van der Waals surface area contributed by atoms with Crippen LogP contribution in [0, 0.1) is 0 Å². The normalized spacial score (nSPS) is 13.6. The maximum atomic E-state index is 11.2. The highest BCUT2D eigenvalue weighted by molar-refractivity contribution is 5.76. The SMILES string of the molecule is C=CCC(NC(=O)CC)C(O)NCC(=O)OC. The van der Waals surface area contributed by atoms with Crippen LogP contribution in [0.5, 0.6) is 0 Å². The van der Waals surface area contributed by atoms with Crippen LogP contribution in [0.15, 0.2) is 12.7 Å². The van der Waals surface area contributed by atoms with Crippen molar-refractivity contribution in [1.82, 2.24) is 10.6 Å². The minimum Gasteiger partial charge on any atom is -0.468 e. The second-order valence-corrected chi connectivity index (χ2v) is 3.45. The van der Waals surface area contributed by atoms with Crippen LogP contribution in [-0.4, -0.2) is 42.9 Å². The van der Waals surface area contributed by atoms with Crippen LogP contribution < -0.4 is 10.6 Å². The lowest BCUT2D eigenvalue weighted by Gasteiger charge is -2.23. The molecule has 0 spiro atoms. The van der Waals surface area contributed by atoms with E-state index in [1.54, 1.807) is 13.0 Å². The Labute approximate surface area is 101 Å². The van der Waals surface area contributed by atoms with Gasteiger partial charge in [0.05, 0.1) is 19.7 Å². The Morgan fingerprint density at radius 1 is 1.53 bits per heavy atom. The third-order valence-electron chi connectivity index (χ3n) is 2.15. The fraction of sp³-hybridized carbons (Fsp3) is 0.636. The van der Waals surface area contributed by atoms with Gasteiger partial charge in [0.15, 0.2) is 0 Å². The molecule has 0 saturated heterocycles. The Morgan fingerprint density at radius 2 is 2.18 bits per heavy atom. The average molecular weight is 244 g/mol. The first-order valence-electron chi connectivity index (χ1n) is 5.43. The Balaban J connectivity index is 4.22. The molecule has 0 radical (unpaired) electrons. The van der Waals surface area contributed by atoms with Gasteiger partial charge in [-0.3, -0.25) is 14.9 Å². The van der Waals surface area contributed by atoms with Crippen LogP contribution in [0.25, 0.3) is 0 Å². The molecule has 0 aliphatic heterocycles. The summed E-state index contributed by atoms with van der Waals surface area (Å²) >= 11 is 0. The summed E-state index contributed by atoms with van der Waals surface area (Å²) in [5, 5.41) is 14.9. The first kappa shape index (κ1) is 15.6. The number of methoxy groups -OCH3 is 1. The second kappa shape index (κ2) is 8.72. The van der Waals surface area contributed by atoms with Crippen LogP contribution in [0.2, 0.25) is 0 Å². The maximum Gasteiger partial charge on any atom is 0.319 e. The molecule has 2 unspecified atom stereocenters. The van der Waals surface area contributed by atoms with Crippen molar-refractivity contribution in [1.29, 1.82) is 0 Å². The summed E-state index contributed by atoms with van der Waals surface area (Å²) in [5.41, 5.74) is 0. The molecule has 0 fully saturated rings. The van der Waals surface area contributed by atoms with Crippen molar-refractivity contribution in [2.45, 2.75) is 32.0 Å². The Hall–Kier alpha value is -1.40. The molecule has 0 aromatic rings. The van der Waals surface area contributed by atoms with E-state index in [1.165, 1.54) is 7.11 Å². The lowest BCUT2D eigenvalue weighted by Crippen LogP contribution is -2.50. The largest absolute Gasteiger partial charge is 0.468 e. The number of hydrogen-bond acceptors (Lipinski definition) is 5. The molecule has 6 heteroatoms. The summed E-state index contributed by atoms with van der Waals surface area (Å²) in [6.45, 7) is 5.14. The van der Waals surface area contributed by atoms with E-state index in [1.807, 2.05) is 0 Å². The lowest BCUT2D eigenvalue weighted by molar-refractivity contribution is -0.140. The number of esters is 1. The molecule has 0 aliphatic carbocycles. The van der Waals surface area contributed by atoms with Gasteiger partial charge in [0.25, 0.3) is 0 Å². The third kappa shape index (κ3) is 6.70. The highest BCUT2D eigenvalue weighted by Gasteiger charge is 2.19. The van der Waals surface area contributed by atoms with Crippen molar-refractivity contribution in [3.8, 4) is 0 Å². The zero-order valence-corrected chi connectivity index (χ0v) is 10.2. The summed E-state index contributed by atoms with van der Waals surface area (Å²) in [6, 6.07) is -0.510. The maximum absolute atomic E-state index is 11.2. The predicted molar refractivity (Wildman–Crippen MR) is 63.1 cm³/mol. The molecule has 0 aromatic heterocycles. The number of aliphatic hydroxyl groups excluding tert-OH is 1. The summed E-state index contributed by atoms with van der Waals surface area (Å²) in [4.78, 5) is 22.1. The minimum absolute atomic E-state index is 0.118. The third-order valence-corrected chi connectivity index (χ3v) is 2.15. The van der Waals surface area contributed by atoms with E-state index >= 15 is 0 Å². The molecule has 0 bridgehead atoms. The summed E-state index contributed by atoms with van der Waals surface area (Å²) in [5.74, 6) is -0.654. The molecule has 2 atom stereocenters. The van der Waals surface area contributed by atoms with Crippen LogP contribution in [0.1, 0.15) is 19.8 Å². The molecule has 0 heterocycles. The topological polar surface area (TPSA) is 87.7 Å². The first-order valence-corrected chi connectivity index (χ1v) is 5.43. The number of amides is 1. The summed E-state index contributed by atoms with van der Waals surface area (Å²) < 4.78 is 4.42. The molecule has 98 valence electrons. The molecular formula is C11H20N2O4. The number of ether oxygens (including phenoxy) is 1. The van der Waals surface area contributed by atoms with Gasteiger partial charge in [-0.15, -0.1) is 6.58 Å². The van der Waals surface area contributed by atoms with E-state index in [-0.39, 0.29) is 12.5 Å². The van der Waals surface area contributed by atoms with E-state index in [4.69, 9.17) is 0 Å². The van der Waals surface area contributed by atoms with Crippen LogP contribution in [0.3, 0.4) is 0 Å². The molecule has 0 saturated carbocycles. The number of rotatable bonds is 8. The van der Waals surface area contributed by atoms with Gasteiger partial charge in [-0.05, 0) is 6.42 Å². The molecule has 0 rings (SSSR count). The molecule has 3 N–H and O–H groups in total. The fourth-order valence-electron chi connectivity index (χ4n) is 1.16. The monoisotopic (exact) mass is 244 g/mol. The van der Waals surface area contributed by atoms with Crippen LogP contribution in [0.4, 0.5) is 0 Å². The summed E-state index contributed by atoms with van der Waals surface area (Å²) in [7, 11) is 1.26. The van der Waals surface area contributed by atoms with Crippen molar-refractivity contribution in [3.63, 3.8) is 0 Å². The van der Waals surface area contributed by atoms with E-state index in [9.17, 15) is 14.7 Å². The van der Waals surface area contributed by atoms with Crippen molar-refractivity contribution in [3.05, 3.63) is 12.7 Å². The Kier molecular flexibility index (Phi) is 8.00. The standard InChI is InChI=1S/C11H20N2O4/c1-4-6-8(13-9(14)5-2)11(16)12-7-10(15)17-3/h4,8,11-12,16H,1,5-7H2,2-3H3,(H,13,14). The van der Waals surface area contributed by atoms with Crippen LogP contribution in [-0.2, 0) is 14.3 Å². The smallest absolute Gasteiger partial charge is 0.319 e. The minimum atomic E-state index is -1.03. The van der Waals surface area contributed by atoms with E-state index in [2.05, 4.69) is 21.9 Å². The van der Waals surface area contributed by atoms with Crippen molar-refractivity contribution in [2.24, 2.45) is 0 Å². The second-order valence-electron chi connectivity index (χ2n) is 3.45. The number of aliphatic hydroxyl groups is 1. The van der Waals surface area contributed by atoms with Gasteiger partial charge >= 0.3 is 5.97 Å². The first-order chi connectivity index (χ1) is 8.04. The molecule has 0 aliphatic rings. The molecule has 17 heavy (non-hydrogen) atoms. The van der Waals surface area contributed by atoms with Crippen molar-refractivity contribution in [2.75, 3.05) is 13.7 Å². The summed E-state index contributed by atoms with van der Waals surface area (Å²) in [6.07, 6.45) is 1.30. The van der Waals surface area contributed by atoms with Crippen molar-refractivity contribution >= 4 is 11.9 Å². The van der Waals surface area contributed by atoms with Gasteiger partial charge in [-0.25, -0.2) is 0 Å². The predicted octanol–water partition coefficient (Wildman–Crippen LogP) is -0.462. The van der Waals surface area contributed by atoms with Gasteiger partial charge in [0.2, 0.25) is 5.91 Å². The van der Waals surface area contributed by atoms with Gasteiger partial charge < -0.3 is 15.2 Å². The van der Waals surface area contributed by atoms with E-state index < -0.39 is 18.2 Å². The highest BCUT2D eigenvalue weighted by atomic mass is 16.5. The van der Waals surface area contributed by atoms with E-state index in [0.717, 1.165) is 0 Å². The Morgan fingerprint density at radius 3 is 2.65 bits per heavy atom. The zero-order chi connectivity index (χ0) is 13.3. The number of carbonyl (C=O) groups is 2. The molecule has 6 nitrogen and oxygen atoms in total. The molecule has 0 aromatic carbocycles. The van der Waals surface area contributed by atoms with Gasteiger partial charge in [-0.2, -0.15) is 0 Å².